The van der Waals surface area contributed by atoms with E-state index < -0.39 is 0 Å². The molecule has 3 aromatic rings. The number of ether oxygens (including phenoxy) is 1. The molecule has 0 N–H and O–H groups in total. The van der Waals surface area contributed by atoms with Crippen molar-refractivity contribution in [1.29, 1.82) is 0 Å². The molecule has 3 rings (SSSR count). The topological polar surface area (TPSA) is 57.0 Å². The van der Waals surface area contributed by atoms with Crippen LogP contribution in [0, 0.1) is 5.82 Å². The Labute approximate surface area is 148 Å². The van der Waals surface area contributed by atoms with Gasteiger partial charge in [0.25, 0.3) is 5.56 Å². The maximum absolute atomic E-state index is 13.9. The zero-order valence-corrected chi connectivity index (χ0v) is 14.8. The number of halogens is 1. The summed E-state index contributed by atoms with van der Waals surface area (Å²) in [5, 5.41) is 7.03. The summed E-state index contributed by atoms with van der Waals surface area (Å²) in [6.07, 6.45) is -0.0850. The Kier molecular flexibility index (Phi) is 5.35. The van der Waals surface area contributed by atoms with Crippen LogP contribution in [0.5, 0.6) is 0 Å². The number of thiazole rings is 1. The van der Waals surface area contributed by atoms with Crippen molar-refractivity contribution in [3.8, 4) is 11.3 Å². The van der Waals surface area contributed by atoms with E-state index in [0.717, 1.165) is 10.7 Å². The summed E-state index contributed by atoms with van der Waals surface area (Å²) in [6.45, 7) is 4.72. The van der Waals surface area contributed by atoms with Crippen molar-refractivity contribution in [2.24, 2.45) is 0 Å². The van der Waals surface area contributed by atoms with Gasteiger partial charge in [0.05, 0.1) is 17.9 Å². The molecule has 0 amide bonds. The predicted octanol–water partition coefficient (Wildman–Crippen LogP) is 3.65. The fourth-order valence-corrected chi connectivity index (χ4v) is 3.25. The molecule has 7 heteroatoms. The maximum atomic E-state index is 13.9. The number of hydrogen-bond donors (Lipinski definition) is 0. The van der Waals surface area contributed by atoms with Crippen LogP contribution >= 0.6 is 11.3 Å². The van der Waals surface area contributed by atoms with E-state index in [2.05, 4.69) is 10.1 Å². The van der Waals surface area contributed by atoms with E-state index in [0.29, 0.717) is 17.9 Å². The van der Waals surface area contributed by atoms with Gasteiger partial charge in [-0.05, 0) is 32.0 Å². The normalized spacial score (nSPS) is 12.3. The van der Waals surface area contributed by atoms with Crippen LogP contribution < -0.4 is 5.56 Å². The van der Waals surface area contributed by atoms with E-state index in [1.54, 1.807) is 18.2 Å². The molecule has 0 bridgehead atoms. The van der Waals surface area contributed by atoms with Crippen LogP contribution in [0.2, 0.25) is 0 Å². The lowest BCUT2D eigenvalue weighted by Crippen LogP contribution is -2.23. The SMILES string of the molecule is CCOC(C)c1nc(Cn2nc(-c3ccccc3F)ccc2=O)cs1. The highest BCUT2D eigenvalue weighted by atomic mass is 32.1. The number of nitrogens with zero attached hydrogens (tertiary/aromatic N) is 3. The quantitative estimate of drug-likeness (QED) is 0.674. The number of aromatic nitrogens is 3. The first-order chi connectivity index (χ1) is 12.1. The fraction of sp³-hybridized carbons (Fsp3) is 0.278. The van der Waals surface area contributed by atoms with E-state index in [1.165, 1.54) is 34.2 Å². The molecule has 1 aromatic carbocycles. The molecule has 2 heterocycles. The van der Waals surface area contributed by atoms with Gasteiger partial charge in [-0.25, -0.2) is 14.1 Å². The summed E-state index contributed by atoms with van der Waals surface area (Å²) in [7, 11) is 0. The molecule has 0 spiro atoms. The molecule has 0 aliphatic carbocycles. The molecule has 1 unspecified atom stereocenters. The van der Waals surface area contributed by atoms with Crippen molar-refractivity contribution >= 4 is 11.3 Å². The van der Waals surface area contributed by atoms with Crippen LogP contribution in [-0.4, -0.2) is 21.4 Å². The molecular weight excluding hydrogens is 341 g/mol. The second-order valence-corrected chi connectivity index (χ2v) is 6.36. The van der Waals surface area contributed by atoms with Gasteiger partial charge < -0.3 is 4.74 Å². The van der Waals surface area contributed by atoms with Crippen molar-refractivity contribution in [3.05, 3.63) is 68.7 Å². The molecule has 0 saturated heterocycles. The van der Waals surface area contributed by atoms with Gasteiger partial charge in [-0.2, -0.15) is 5.10 Å². The van der Waals surface area contributed by atoms with Crippen LogP contribution in [0.25, 0.3) is 11.3 Å². The van der Waals surface area contributed by atoms with Gasteiger partial charge in [0.15, 0.2) is 0 Å². The Morgan fingerprint density at radius 1 is 1.28 bits per heavy atom. The first kappa shape index (κ1) is 17.4. The largest absolute Gasteiger partial charge is 0.372 e. The van der Waals surface area contributed by atoms with Gasteiger partial charge >= 0.3 is 0 Å². The first-order valence-corrected chi connectivity index (χ1v) is 8.85. The monoisotopic (exact) mass is 359 g/mol. The Hall–Kier alpha value is -2.38. The third kappa shape index (κ3) is 4.00. The molecule has 1 atom stereocenters. The molecule has 25 heavy (non-hydrogen) atoms. The molecule has 2 aromatic heterocycles. The molecule has 5 nitrogen and oxygen atoms in total. The summed E-state index contributed by atoms with van der Waals surface area (Å²) in [6, 6.07) is 9.28. The van der Waals surface area contributed by atoms with Crippen LogP contribution in [0.15, 0.2) is 46.6 Å². The Morgan fingerprint density at radius 3 is 2.84 bits per heavy atom. The minimum atomic E-state index is -0.373. The van der Waals surface area contributed by atoms with Crippen molar-refractivity contribution in [2.75, 3.05) is 6.61 Å². The van der Waals surface area contributed by atoms with Crippen LogP contribution in [0.3, 0.4) is 0 Å². The summed E-state index contributed by atoms with van der Waals surface area (Å²) < 4.78 is 20.8. The van der Waals surface area contributed by atoms with Gasteiger partial charge in [-0.3, -0.25) is 4.79 Å². The zero-order chi connectivity index (χ0) is 17.8. The van der Waals surface area contributed by atoms with Gasteiger partial charge in [-0.15, -0.1) is 11.3 Å². The average Bonchev–Trinajstić information content (AvgIpc) is 3.06. The molecule has 130 valence electrons. The standard InChI is InChI=1S/C18H18FN3O2S/c1-3-24-12(2)18-20-13(11-25-18)10-22-17(23)9-8-16(21-22)14-6-4-5-7-15(14)19/h4-9,11-12H,3,10H2,1-2H3. The molecule has 0 fully saturated rings. The van der Waals surface area contributed by atoms with E-state index in [4.69, 9.17) is 4.74 Å². The Morgan fingerprint density at radius 2 is 2.08 bits per heavy atom. The summed E-state index contributed by atoms with van der Waals surface area (Å²) in [5.41, 5.74) is 1.25. The smallest absolute Gasteiger partial charge is 0.267 e. The number of hydrogen-bond acceptors (Lipinski definition) is 5. The second kappa shape index (κ2) is 7.67. The van der Waals surface area contributed by atoms with Crippen molar-refractivity contribution in [1.82, 2.24) is 14.8 Å². The lowest BCUT2D eigenvalue weighted by atomic mass is 10.1. The highest BCUT2D eigenvalue weighted by Gasteiger charge is 2.12. The summed E-state index contributed by atoms with van der Waals surface area (Å²) in [4.78, 5) is 16.6. The van der Waals surface area contributed by atoms with E-state index in [-0.39, 0.29) is 24.0 Å². The van der Waals surface area contributed by atoms with Gasteiger partial charge in [0, 0.05) is 23.6 Å². The highest BCUT2D eigenvalue weighted by Crippen LogP contribution is 2.22. The summed E-state index contributed by atoms with van der Waals surface area (Å²) >= 11 is 1.49. The van der Waals surface area contributed by atoms with E-state index in [9.17, 15) is 9.18 Å². The Balaban J connectivity index is 1.87. The Bertz CT molecular complexity index is 922. The third-order valence-corrected chi connectivity index (χ3v) is 4.72. The zero-order valence-electron chi connectivity index (χ0n) is 14.0. The maximum Gasteiger partial charge on any atom is 0.267 e. The lowest BCUT2D eigenvalue weighted by molar-refractivity contribution is 0.0761. The van der Waals surface area contributed by atoms with Gasteiger partial charge in [0.1, 0.15) is 16.9 Å². The fourth-order valence-electron chi connectivity index (χ4n) is 2.43. The minimum Gasteiger partial charge on any atom is -0.372 e. The lowest BCUT2D eigenvalue weighted by Gasteiger charge is -2.08. The third-order valence-electron chi connectivity index (χ3n) is 3.66. The highest BCUT2D eigenvalue weighted by molar-refractivity contribution is 7.09. The van der Waals surface area contributed by atoms with Crippen molar-refractivity contribution < 1.29 is 9.13 Å². The van der Waals surface area contributed by atoms with Crippen molar-refractivity contribution in [3.63, 3.8) is 0 Å². The van der Waals surface area contributed by atoms with E-state index in [1.807, 2.05) is 19.2 Å². The molecule has 0 saturated carbocycles. The number of benzene rings is 1. The first-order valence-electron chi connectivity index (χ1n) is 7.97. The van der Waals surface area contributed by atoms with E-state index >= 15 is 0 Å². The number of rotatable bonds is 6. The molecule has 0 aliphatic rings. The van der Waals surface area contributed by atoms with Gasteiger partial charge in [-0.1, -0.05) is 12.1 Å². The predicted molar refractivity (Wildman–Crippen MR) is 95.1 cm³/mol. The van der Waals surface area contributed by atoms with Crippen LogP contribution in [0.4, 0.5) is 4.39 Å². The van der Waals surface area contributed by atoms with Crippen molar-refractivity contribution in [2.45, 2.75) is 26.5 Å². The molecule has 0 radical (unpaired) electrons. The average molecular weight is 359 g/mol. The summed E-state index contributed by atoms with van der Waals surface area (Å²) in [5.74, 6) is -0.373. The van der Waals surface area contributed by atoms with Crippen LogP contribution in [0.1, 0.15) is 30.7 Å². The molecular formula is C18H18FN3O2S. The second-order valence-electron chi connectivity index (χ2n) is 5.47. The molecule has 0 aliphatic heterocycles. The van der Waals surface area contributed by atoms with Crippen LogP contribution in [-0.2, 0) is 11.3 Å². The van der Waals surface area contributed by atoms with Gasteiger partial charge in [0.2, 0.25) is 0 Å². The minimum absolute atomic E-state index is 0.0850.